The molecule has 0 spiro atoms. The highest BCUT2D eigenvalue weighted by molar-refractivity contribution is 5.03. The van der Waals surface area contributed by atoms with E-state index in [4.69, 9.17) is 4.52 Å². The fourth-order valence-electron chi connectivity index (χ4n) is 3.25. The zero-order chi connectivity index (χ0) is 12.5. The van der Waals surface area contributed by atoms with Gasteiger partial charge in [-0.25, -0.2) is 0 Å². The lowest BCUT2D eigenvalue weighted by molar-refractivity contribution is 0.150. The summed E-state index contributed by atoms with van der Waals surface area (Å²) in [4.78, 5) is 0. The van der Waals surface area contributed by atoms with Crippen molar-refractivity contribution in [2.45, 2.75) is 59.5 Å². The molecule has 0 aliphatic heterocycles. The van der Waals surface area contributed by atoms with E-state index in [-0.39, 0.29) is 0 Å². The molecule has 17 heavy (non-hydrogen) atoms. The third-order valence-electron chi connectivity index (χ3n) is 3.64. The van der Waals surface area contributed by atoms with Crippen LogP contribution in [-0.4, -0.2) is 11.2 Å². The third kappa shape index (κ3) is 3.56. The largest absolute Gasteiger partial charge is 0.361 e. The molecule has 0 radical (unpaired) electrons. The van der Waals surface area contributed by atoms with Crippen LogP contribution in [0.3, 0.4) is 0 Å². The number of hydrogen-bond donors (Lipinski definition) is 1. The average Bonchev–Trinajstić information content (AvgIpc) is 2.58. The Morgan fingerprint density at radius 2 is 2.24 bits per heavy atom. The van der Waals surface area contributed by atoms with Crippen molar-refractivity contribution in [1.82, 2.24) is 10.5 Å². The van der Waals surface area contributed by atoms with E-state index in [1.165, 1.54) is 19.3 Å². The summed E-state index contributed by atoms with van der Waals surface area (Å²) < 4.78 is 5.08. The number of nitrogens with one attached hydrogen (secondary N) is 1. The second-order valence-corrected chi connectivity index (χ2v) is 6.42. The topological polar surface area (TPSA) is 38.1 Å². The van der Waals surface area contributed by atoms with Crippen LogP contribution in [-0.2, 0) is 6.54 Å². The minimum atomic E-state index is 0.467. The van der Waals surface area contributed by atoms with E-state index in [9.17, 15) is 0 Å². The molecule has 3 heteroatoms. The van der Waals surface area contributed by atoms with Crippen LogP contribution >= 0.6 is 0 Å². The SMILES string of the molecule is Cc1cc(CNC2CC(C)CC(C)(C)C2)no1. The van der Waals surface area contributed by atoms with Crippen molar-refractivity contribution in [3.8, 4) is 0 Å². The molecular weight excluding hydrogens is 212 g/mol. The smallest absolute Gasteiger partial charge is 0.133 e. The van der Waals surface area contributed by atoms with Crippen LogP contribution in [0.4, 0.5) is 0 Å². The molecule has 1 aliphatic rings. The van der Waals surface area contributed by atoms with Crippen LogP contribution < -0.4 is 5.32 Å². The van der Waals surface area contributed by atoms with Crippen LogP contribution in [0.1, 0.15) is 51.5 Å². The van der Waals surface area contributed by atoms with E-state index in [1.807, 2.05) is 13.0 Å². The number of hydrogen-bond acceptors (Lipinski definition) is 3. The van der Waals surface area contributed by atoms with Crippen molar-refractivity contribution in [2.24, 2.45) is 11.3 Å². The molecule has 1 aromatic heterocycles. The predicted molar refractivity (Wildman–Crippen MR) is 68.7 cm³/mol. The van der Waals surface area contributed by atoms with Crippen molar-refractivity contribution in [2.75, 3.05) is 0 Å². The first-order valence-corrected chi connectivity index (χ1v) is 6.60. The van der Waals surface area contributed by atoms with Crippen LogP contribution in [0.15, 0.2) is 10.6 Å². The Kier molecular flexibility index (Phi) is 3.57. The molecule has 96 valence electrons. The summed E-state index contributed by atoms with van der Waals surface area (Å²) in [5, 5.41) is 7.63. The molecule has 1 aromatic rings. The third-order valence-corrected chi connectivity index (χ3v) is 3.64. The standard InChI is InChI=1S/C14H24N2O/c1-10-5-12(8-14(3,4)7-10)15-9-13-6-11(2)17-16-13/h6,10,12,15H,5,7-9H2,1-4H3. The molecule has 0 saturated heterocycles. The molecule has 3 nitrogen and oxygen atoms in total. The first-order valence-electron chi connectivity index (χ1n) is 6.60. The number of rotatable bonds is 3. The van der Waals surface area contributed by atoms with Gasteiger partial charge < -0.3 is 9.84 Å². The van der Waals surface area contributed by atoms with Gasteiger partial charge in [0.25, 0.3) is 0 Å². The summed E-state index contributed by atoms with van der Waals surface area (Å²) in [5.74, 6) is 1.70. The van der Waals surface area contributed by atoms with Gasteiger partial charge in [-0.1, -0.05) is 25.9 Å². The van der Waals surface area contributed by atoms with E-state index in [0.717, 1.165) is 23.9 Å². The molecular formula is C14H24N2O. The lowest BCUT2D eigenvalue weighted by atomic mass is 9.70. The fraction of sp³-hybridized carbons (Fsp3) is 0.786. The summed E-state index contributed by atoms with van der Waals surface area (Å²) in [6, 6.07) is 2.62. The summed E-state index contributed by atoms with van der Waals surface area (Å²) in [5.41, 5.74) is 1.48. The molecule has 1 N–H and O–H groups in total. The predicted octanol–water partition coefficient (Wildman–Crippen LogP) is 3.29. The Labute approximate surface area is 104 Å². The lowest BCUT2D eigenvalue weighted by Crippen LogP contribution is -2.39. The summed E-state index contributed by atoms with van der Waals surface area (Å²) in [6.45, 7) is 9.86. The molecule has 0 amide bonds. The van der Waals surface area contributed by atoms with Crippen LogP contribution in [0.2, 0.25) is 0 Å². The molecule has 0 bridgehead atoms. The first kappa shape index (κ1) is 12.6. The van der Waals surface area contributed by atoms with Crippen molar-refractivity contribution >= 4 is 0 Å². The van der Waals surface area contributed by atoms with Crippen molar-refractivity contribution < 1.29 is 4.52 Å². The van der Waals surface area contributed by atoms with Crippen molar-refractivity contribution in [1.29, 1.82) is 0 Å². The molecule has 2 atom stereocenters. The highest BCUT2D eigenvalue weighted by atomic mass is 16.5. The Balaban J connectivity index is 1.86. The monoisotopic (exact) mass is 236 g/mol. The Hall–Kier alpha value is -0.830. The van der Waals surface area contributed by atoms with Gasteiger partial charge in [-0.3, -0.25) is 0 Å². The van der Waals surface area contributed by atoms with Gasteiger partial charge in [0.2, 0.25) is 0 Å². The van der Waals surface area contributed by atoms with E-state index in [1.54, 1.807) is 0 Å². The van der Waals surface area contributed by atoms with E-state index < -0.39 is 0 Å². The summed E-state index contributed by atoms with van der Waals surface area (Å²) >= 11 is 0. The number of aromatic nitrogens is 1. The zero-order valence-electron chi connectivity index (χ0n) is 11.4. The highest BCUT2D eigenvalue weighted by Crippen LogP contribution is 2.38. The van der Waals surface area contributed by atoms with Gasteiger partial charge in [-0.05, 0) is 37.5 Å². The maximum Gasteiger partial charge on any atom is 0.133 e. The Bertz CT molecular complexity index is 370. The van der Waals surface area contributed by atoms with Gasteiger partial charge in [0.1, 0.15) is 5.76 Å². The molecule has 0 aromatic carbocycles. The first-order chi connectivity index (χ1) is 7.94. The molecule has 1 saturated carbocycles. The average molecular weight is 236 g/mol. The van der Waals surface area contributed by atoms with E-state index in [0.29, 0.717) is 11.5 Å². The Morgan fingerprint density at radius 1 is 1.47 bits per heavy atom. The lowest BCUT2D eigenvalue weighted by Gasteiger charge is -2.39. The van der Waals surface area contributed by atoms with Gasteiger partial charge in [0.05, 0.1) is 5.69 Å². The molecule has 2 unspecified atom stereocenters. The van der Waals surface area contributed by atoms with Gasteiger partial charge in [-0.2, -0.15) is 0 Å². The molecule has 1 heterocycles. The Morgan fingerprint density at radius 3 is 2.82 bits per heavy atom. The zero-order valence-corrected chi connectivity index (χ0v) is 11.4. The van der Waals surface area contributed by atoms with E-state index >= 15 is 0 Å². The fourth-order valence-corrected chi connectivity index (χ4v) is 3.25. The van der Waals surface area contributed by atoms with Crippen LogP contribution in [0, 0.1) is 18.3 Å². The van der Waals surface area contributed by atoms with Crippen LogP contribution in [0.5, 0.6) is 0 Å². The molecule has 1 fully saturated rings. The maximum atomic E-state index is 5.08. The minimum Gasteiger partial charge on any atom is -0.361 e. The summed E-state index contributed by atoms with van der Waals surface area (Å²) in [6.07, 6.45) is 3.88. The van der Waals surface area contributed by atoms with Gasteiger partial charge in [-0.15, -0.1) is 0 Å². The van der Waals surface area contributed by atoms with E-state index in [2.05, 4.69) is 31.2 Å². The number of aryl methyl sites for hydroxylation is 1. The highest BCUT2D eigenvalue weighted by Gasteiger charge is 2.31. The van der Waals surface area contributed by atoms with Crippen molar-refractivity contribution in [3.05, 3.63) is 17.5 Å². The second kappa shape index (κ2) is 4.81. The quantitative estimate of drug-likeness (QED) is 0.875. The molecule has 1 aliphatic carbocycles. The minimum absolute atomic E-state index is 0.467. The maximum absolute atomic E-state index is 5.08. The normalized spacial score (nSPS) is 28.2. The second-order valence-electron chi connectivity index (χ2n) is 6.42. The molecule has 2 rings (SSSR count). The number of nitrogens with zero attached hydrogens (tertiary/aromatic N) is 1. The van der Waals surface area contributed by atoms with Gasteiger partial charge in [0.15, 0.2) is 0 Å². The van der Waals surface area contributed by atoms with Crippen LogP contribution in [0.25, 0.3) is 0 Å². The van der Waals surface area contributed by atoms with Crippen molar-refractivity contribution in [3.63, 3.8) is 0 Å². The summed E-state index contributed by atoms with van der Waals surface area (Å²) in [7, 11) is 0. The van der Waals surface area contributed by atoms with Gasteiger partial charge >= 0.3 is 0 Å². The van der Waals surface area contributed by atoms with Gasteiger partial charge in [0, 0.05) is 18.7 Å².